The molecule has 2 heterocycles. The molecule has 0 saturated carbocycles. The average Bonchev–Trinajstić information content (AvgIpc) is 3.04. The van der Waals surface area contributed by atoms with Gasteiger partial charge in [0.15, 0.2) is 5.82 Å². The highest BCUT2D eigenvalue weighted by Gasteiger charge is 2.24. The van der Waals surface area contributed by atoms with Crippen LogP contribution in [0.3, 0.4) is 0 Å². The zero-order chi connectivity index (χ0) is 16.4. The summed E-state index contributed by atoms with van der Waals surface area (Å²) in [7, 11) is 0. The summed E-state index contributed by atoms with van der Waals surface area (Å²) >= 11 is 0. The second-order valence-corrected chi connectivity index (χ2v) is 6.00. The van der Waals surface area contributed by atoms with E-state index in [0.29, 0.717) is 35.3 Å². The molecule has 0 bridgehead atoms. The minimum Gasteiger partial charge on any atom is -0.366 e. The summed E-state index contributed by atoms with van der Waals surface area (Å²) in [6.07, 6.45) is 2.78. The summed E-state index contributed by atoms with van der Waals surface area (Å²) in [5.41, 5.74) is 1.34. The van der Waals surface area contributed by atoms with Crippen LogP contribution in [-0.4, -0.2) is 28.2 Å². The molecule has 0 aliphatic carbocycles. The number of nitro groups is 1. The van der Waals surface area contributed by atoms with Crippen LogP contribution in [0.5, 0.6) is 0 Å². The first-order chi connectivity index (χ1) is 11.1. The third-order valence-corrected chi connectivity index (χ3v) is 4.33. The highest BCUT2D eigenvalue weighted by Crippen LogP contribution is 2.34. The Morgan fingerprint density at radius 2 is 2.13 bits per heavy atom. The number of rotatable bonds is 4. The van der Waals surface area contributed by atoms with Crippen molar-refractivity contribution in [1.82, 2.24) is 10.1 Å². The van der Waals surface area contributed by atoms with Crippen LogP contribution in [0.15, 0.2) is 22.7 Å². The molecule has 1 aliphatic rings. The number of piperidine rings is 1. The van der Waals surface area contributed by atoms with E-state index in [1.807, 2.05) is 13.0 Å². The molecule has 0 amide bonds. The molecule has 7 heteroatoms. The molecule has 122 valence electrons. The van der Waals surface area contributed by atoms with E-state index in [1.54, 1.807) is 6.07 Å². The maximum atomic E-state index is 11.5. The largest absolute Gasteiger partial charge is 0.366 e. The molecule has 7 nitrogen and oxygen atoms in total. The third kappa shape index (κ3) is 3.18. The molecule has 1 aliphatic heterocycles. The van der Waals surface area contributed by atoms with E-state index in [2.05, 4.69) is 22.0 Å². The van der Waals surface area contributed by atoms with Crippen LogP contribution in [0, 0.1) is 16.0 Å². The molecule has 0 radical (unpaired) electrons. The molecule has 0 spiro atoms. The van der Waals surface area contributed by atoms with E-state index < -0.39 is 0 Å². The van der Waals surface area contributed by atoms with Gasteiger partial charge < -0.3 is 9.42 Å². The average molecular weight is 316 g/mol. The number of benzene rings is 1. The lowest BCUT2D eigenvalue weighted by Crippen LogP contribution is -2.33. The number of hydrogen-bond donors (Lipinski definition) is 0. The number of aryl methyl sites for hydroxylation is 1. The van der Waals surface area contributed by atoms with Gasteiger partial charge in [0, 0.05) is 31.1 Å². The van der Waals surface area contributed by atoms with Gasteiger partial charge in [0.05, 0.1) is 4.92 Å². The predicted molar refractivity (Wildman–Crippen MR) is 86.4 cm³/mol. The molecule has 3 rings (SSSR count). The number of hydrogen-bond acceptors (Lipinski definition) is 6. The van der Waals surface area contributed by atoms with E-state index in [4.69, 9.17) is 4.52 Å². The monoisotopic (exact) mass is 316 g/mol. The number of nitrogens with zero attached hydrogens (tertiary/aromatic N) is 4. The SMILES string of the molecule is CCc1noc(-c2ccc(N3CCC(C)CC3)c([N+](=O)[O-])c2)n1. The molecule has 0 unspecified atom stereocenters. The second kappa shape index (κ2) is 6.36. The Morgan fingerprint density at radius 1 is 1.39 bits per heavy atom. The Morgan fingerprint density at radius 3 is 2.74 bits per heavy atom. The van der Waals surface area contributed by atoms with Crippen LogP contribution in [0.25, 0.3) is 11.5 Å². The van der Waals surface area contributed by atoms with E-state index in [9.17, 15) is 10.1 Å². The van der Waals surface area contributed by atoms with Crippen molar-refractivity contribution < 1.29 is 9.45 Å². The van der Waals surface area contributed by atoms with Gasteiger partial charge in [-0.25, -0.2) is 0 Å². The first-order valence-electron chi connectivity index (χ1n) is 7.94. The lowest BCUT2D eigenvalue weighted by atomic mass is 9.98. The van der Waals surface area contributed by atoms with E-state index in [1.165, 1.54) is 6.07 Å². The maximum absolute atomic E-state index is 11.5. The molecule has 1 aromatic carbocycles. The molecule has 0 atom stereocenters. The summed E-state index contributed by atoms with van der Waals surface area (Å²) in [5, 5.41) is 15.3. The van der Waals surface area contributed by atoms with Crippen molar-refractivity contribution in [2.45, 2.75) is 33.1 Å². The van der Waals surface area contributed by atoms with E-state index in [0.717, 1.165) is 25.9 Å². The van der Waals surface area contributed by atoms with Crippen molar-refractivity contribution in [2.75, 3.05) is 18.0 Å². The first-order valence-corrected chi connectivity index (χ1v) is 7.94. The Hall–Kier alpha value is -2.44. The molecule has 2 aromatic rings. The van der Waals surface area contributed by atoms with E-state index >= 15 is 0 Å². The summed E-state index contributed by atoms with van der Waals surface area (Å²) in [6.45, 7) is 5.84. The van der Waals surface area contributed by atoms with Gasteiger partial charge in [0.25, 0.3) is 11.6 Å². The van der Waals surface area contributed by atoms with Crippen LogP contribution < -0.4 is 4.90 Å². The fourth-order valence-corrected chi connectivity index (χ4v) is 2.83. The van der Waals surface area contributed by atoms with Crippen molar-refractivity contribution in [3.8, 4) is 11.5 Å². The number of nitro benzene ring substituents is 1. The fourth-order valence-electron chi connectivity index (χ4n) is 2.83. The molecular formula is C16H20N4O3. The van der Waals surface area contributed by atoms with Gasteiger partial charge in [-0.15, -0.1) is 0 Å². The lowest BCUT2D eigenvalue weighted by molar-refractivity contribution is -0.384. The van der Waals surface area contributed by atoms with Crippen molar-refractivity contribution in [2.24, 2.45) is 5.92 Å². The Kier molecular flexibility index (Phi) is 4.27. The normalized spacial score (nSPS) is 15.8. The van der Waals surface area contributed by atoms with Crippen LogP contribution in [-0.2, 0) is 6.42 Å². The third-order valence-electron chi connectivity index (χ3n) is 4.33. The lowest BCUT2D eigenvalue weighted by Gasteiger charge is -2.31. The standard InChI is InChI=1S/C16H20N4O3/c1-3-15-17-16(23-18-15)12-4-5-13(14(10-12)20(21)22)19-8-6-11(2)7-9-19/h4-5,10-11H,3,6-9H2,1-2H3. The molecular weight excluding hydrogens is 296 g/mol. The highest BCUT2D eigenvalue weighted by molar-refractivity contribution is 5.71. The van der Waals surface area contributed by atoms with Gasteiger partial charge in [-0.2, -0.15) is 4.98 Å². The van der Waals surface area contributed by atoms with Gasteiger partial charge in [-0.1, -0.05) is 19.0 Å². The molecule has 23 heavy (non-hydrogen) atoms. The number of anilines is 1. The highest BCUT2D eigenvalue weighted by atomic mass is 16.6. The van der Waals surface area contributed by atoms with Gasteiger partial charge >= 0.3 is 0 Å². The van der Waals surface area contributed by atoms with Gasteiger partial charge in [0.2, 0.25) is 0 Å². The summed E-state index contributed by atoms with van der Waals surface area (Å²) < 4.78 is 5.18. The quantitative estimate of drug-likeness (QED) is 0.634. The minimum atomic E-state index is -0.339. The molecule has 1 saturated heterocycles. The topological polar surface area (TPSA) is 85.3 Å². The molecule has 1 fully saturated rings. The van der Waals surface area contributed by atoms with Crippen molar-refractivity contribution in [3.63, 3.8) is 0 Å². The molecule has 1 aromatic heterocycles. The van der Waals surface area contributed by atoms with Crippen LogP contribution in [0.4, 0.5) is 11.4 Å². The van der Waals surface area contributed by atoms with E-state index in [-0.39, 0.29) is 10.6 Å². The zero-order valence-corrected chi connectivity index (χ0v) is 13.4. The van der Waals surface area contributed by atoms with Gasteiger partial charge in [0.1, 0.15) is 5.69 Å². The fraction of sp³-hybridized carbons (Fsp3) is 0.500. The Bertz CT molecular complexity index is 705. The van der Waals surface area contributed by atoms with Crippen LogP contribution in [0.2, 0.25) is 0 Å². The van der Waals surface area contributed by atoms with Crippen LogP contribution >= 0.6 is 0 Å². The van der Waals surface area contributed by atoms with Crippen molar-refractivity contribution in [1.29, 1.82) is 0 Å². The Labute approximate surface area is 134 Å². The minimum absolute atomic E-state index is 0.0910. The summed E-state index contributed by atoms with van der Waals surface area (Å²) in [6, 6.07) is 5.13. The number of aromatic nitrogens is 2. The predicted octanol–water partition coefficient (Wildman–Crippen LogP) is 3.44. The van der Waals surface area contributed by atoms with Gasteiger partial charge in [-0.05, 0) is 30.9 Å². The summed E-state index contributed by atoms with van der Waals surface area (Å²) in [5.74, 6) is 1.59. The maximum Gasteiger partial charge on any atom is 0.293 e. The van der Waals surface area contributed by atoms with Crippen molar-refractivity contribution in [3.05, 3.63) is 34.1 Å². The summed E-state index contributed by atoms with van der Waals surface area (Å²) in [4.78, 5) is 17.5. The Balaban J connectivity index is 1.94. The first kappa shape index (κ1) is 15.5. The second-order valence-electron chi connectivity index (χ2n) is 6.00. The zero-order valence-electron chi connectivity index (χ0n) is 13.4. The van der Waals surface area contributed by atoms with Gasteiger partial charge in [-0.3, -0.25) is 10.1 Å². The van der Waals surface area contributed by atoms with Crippen LogP contribution in [0.1, 0.15) is 32.5 Å². The van der Waals surface area contributed by atoms with Crippen molar-refractivity contribution >= 4 is 11.4 Å². The molecule has 0 N–H and O–H groups in total. The smallest absolute Gasteiger partial charge is 0.293 e.